The number of benzene rings is 1. The largest absolute Gasteiger partial charge is 0.310 e. The average molecular weight is 218 g/mol. The van der Waals surface area contributed by atoms with Crippen LogP contribution in [0.5, 0.6) is 0 Å². The molecular weight excluding hydrogens is 194 g/mol. The molecule has 0 aliphatic heterocycles. The van der Waals surface area contributed by atoms with Gasteiger partial charge in [-0.15, -0.1) is 0 Å². The van der Waals surface area contributed by atoms with E-state index in [1.165, 1.54) is 31.2 Å². The van der Waals surface area contributed by atoms with Crippen molar-refractivity contribution in [1.82, 2.24) is 5.32 Å². The normalized spacial score (nSPS) is 12.6. The van der Waals surface area contributed by atoms with Crippen LogP contribution in [0, 0.1) is 6.42 Å². The van der Waals surface area contributed by atoms with Crippen LogP contribution < -0.4 is 5.32 Å². The molecule has 0 saturated heterocycles. The van der Waals surface area contributed by atoms with E-state index in [-0.39, 0.29) is 0 Å². The summed E-state index contributed by atoms with van der Waals surface area (Å²) in [4.78, 5) is 0. The number of unbranched alkanes of at least 4 members (excludes halogenated alkanes) is 2. The van der Waals surface area contributed by atoms with E-state index in [1.807, 2.05) is 0 Å². The molecule has 1 atom stereocenters. The van der Waals surface area contributed by atoms with E-state index in [1.54, 1.807) is 0 Å². The Hall–Kier alpha value is -0.820. The highest BCUT2D eigenvalue weighted by Gasteiger charge is 2.09. The third-order valence-electron chi connectivity index (χ3n) is 2.73. The van der Waals surface area contributed by atoms with Crippen molar-refractivity contribution in [2.75, 3.05) is 6.54 Å². The fourth-order valence-electron chi connectivity index (χ4n) is 1.79. The standard InChI is InChI=1S/C15H24N/c1-3-5-7-12-15(16-13-4-2)14-10-8-6-9-11-14/h6,8-12,15-16H,3-5,7,13H2,1-2H3. The molecule has 1 unspecified atom stereocenters. The summed E-state index contributed by atoms with van der Waals surface area (Å²) in [5.41, 5.74) is 1.38. The van der Waals surface area contributed by atoms with Crippen LogP contribution in [0.4, 0.5) is 0 Å². The number of nitrogens with one attached hydrogen (secondary N) is 1. The molecule has 1 N–H and O–H groups in total. The smallest absolute Gasteiger partial charge is 0.0352 e. The van der Waals surface area contributed by atoms with Gasteiger partial charge in [0.15, 0.2) is 0 Å². The molecule has 16 heavy (non-hydrogen) atoms. The van der Waals surface area contributed by atoms with Gasteiger partial charge in [0.2, 0.25) is 0 Å². The van der Waals surface area contributed by atoms with Crippen LogP contribution in [0.2, 0.25) is 0 Å². The Morgan fingerprint density at radius 3 is 2.50 bits per heavy atom. The molecule has 89 valence electrons. The molecule has 0 aliphatic rings. The minimum Gasteiger partial charge on any atom is -0.310 e. The third-order valence-corrected chi connectivity index (χ3v) is 2.73. The first-order valence-corrected chi connectivity index (χ1v) is 6.50. The van der Waals surface area contributed by atoms with E-state index in [2.05, 4.69) is 55.9 Å². The summed E-state index contributed by atoms with van der Waals surface area (Å²) < 4.78 is 0. The fraction of sp³-hybridized carbons (Fsp3) is 0.533. The lowest BCUT2D eigenvalue weighted by Gasteiger charge is -2.18. The van der Waals surface area contributed by atoms with Crippen molar-refractivity contribution in [3.63, 3.8) is 0 Å². The van der Waals surface area contributed by atoms with Crippen molar-refractivity contribution in [2.45, 2.75) is 45.6 Å². The van der Waals surface area contributed by atoms with Gasteiger partial charge < -0.3 is 5.32 Å². The van der Waals surface area contributed by atoms with Gasteiger partial charge in [-0.2, -0.15) is 0 Å². The highest BCUT2D eigenvalue weighted by Crippen LogP contribution is 2.18. The Kier molecular flexibility index (Phi) is 6.91. The molecule has 1 aromatic carbocycles. The molecule has 1 heteroatoms. The quantitative estimate of drug-likeness (QED) is 0.647. The predicted molar refractivity (Wildman–Crippen MR) is 71.3 cm³/mol. The maximum atomic E-state index is 3.59. The lowest BCUT2D eigenvalue weighted by atomic mass is 10.0. The third kappa shape index (κ3) is 4.80. The van der Waals surface area contributed by atoms with Crippen molar-refractivity contribution in [2.24, 2.45) is 0 Å². The zero-order chi connectivity index (χ0) is 11.6. The first-order valence-electron chi connectivity index (χ1n) is 6.50. The lowest BCUT2D eigenvalue weighted by Crippen LogP contribution is -2.22. The SMILES string of the molecule is CCCC[CH]C(NCCC)c1ccccc1. The lowest BCUT2D eigenvalue weighted by molar-refractivity contribution is 0.559. The molecule has 0 saturated carbocycles. The minimum atomic E-state index is 0.424. The Morgan fingerprint density at radius 1 is 1.12 bits per heavy atom. The van der Waals surface area contributed by atoms with Crippen molar-refractivity contribution in [3.8, 4) is 0 Å². The van der Waals surface area contributed by atoms with Crippen LogP contribution in [-0.2, 0) is 0 Å². The van der Waals surface area contributed by atoms with Crippen molar-refractivity contribution >= 4 is 0 Å². The number of rotatable bonds is 8. The van der Waals surface area contributed by atoms with E-state index >= 15 is 0 Å². The van der Waals surface area contributed by atoms with Gasteiger partial charge in [-0.05, 0) is 31.4 Å². The fourth-order valence-corrected chi connectivity index (χ4v) is 1.79. The molecule has 1 nitrogen and oxygen atoms in total. The van der Waals surface area contributed by atoms with Crippen LogP contribution >= 0.6 is 0 Å². The molecular formula is C15H24N. The van der Waals surface area contributed by atoms with E-state index in [9.17, 15) is 0 Å². The second-order valence-corrected chi connectivity index (χ2v) is 4.22. The first kappa shape index (κ1) is 13.2. The molecule has 1 rings (SSSR count). The van der Waals surface area contributed by atoms with Crippen molar-refractivity contribution in [1.29, 1.82) is 0 Å². The summed E-state index contributed by atoms with van der Waals surface area (Å²) >= 11 is 0. The zero-order valence-corrected chi connectivity index (χ0v) is 10.6. The second-order valence-electron chi connectivity index (χ2n) is 4.22. The molecule has 0 spiro atoms. The Labute approximate surface area is 100 Å². The number of hydrogen-bond donors (Lipinski definition) is 1. The van der Waals surface area contributed by atoms with Crippen LogP contribution in [0.3, 0.4) is 0 Å². The summed E-state index contributed by atoms with van der Waals surface area (Å²) in [7, 11) is 0. The Bertz CT molecular complexity index is 255. The first-order chi connectivity index (χ1) is 7.88. The van der Waals surface area contributed by atoms with Gasteiger partial charge in [0.25, 0.3) is 0 Å². The van der Waals surface area contributed by atoms with Gasteiger partial charge in [0.1, 0.15) is 0 Å². The average Bonchev–Trinajstić information content (AvgIpc) is 2.35. The summed E-state index contributed by atoms with van der Waals surface area (Å²) in [6.45, 7) is 5.54. The van der Waals surface area contributed by atoms with Gasteiger partial charge in [0.05, 0.1) is 0 Å². The maximum Gasteiger partial charge on any atom is 0.0352 e. The molecule has 0 aliphatic carbocycles. The van der Waals surface area contributed by atoms with Crippen LogP contribution in [0.25, 0.3) is 0 Å². The van der Waals surface area contributed by atoms with Crippen molar-refractivity contribution in [3.05, 3.63) is 42.3 Å². The topological polar surface area (TPSA) is 12.0 Å². The molecule has 0 amide bonds. The molecule has 1 aromatic rings. The minimum absolute atomic E-state index is 0.424. The van der Waals surface area contributed by atoms with E-state index in [4.69, 9.17) is 0 Å². The highest BCUT2D eigenvalue weighted by molar-refractivity contribution is 5.21. The number of hydrogen-bond acceptors (Lipinski definition) is 1. The monoisotopic (exact) mass is 218 g/mol. The van der Waals surface area contributed by atoms with E-state index < -0.39 is 0 Å². The van der Waals surface area contributed by atoms with Crippen LogP contribution in [-0.4, -0.2) is 6.54 Å². The maximum absolute atomic E-state index is 3.59. The van der Waals surface area contributed by atoms with Gasteiger partial charge >= 0.3 is 0 Å². The van der Waals surface area contributed by atoms with Gasteiger partial charge in [-0.3, -0.25) is 0 Å². The highest BCUT2D eigenvalue weighted by atomic mass is 14.9. The van der Waals surface area contributed by atoms with Crippen LogP contribution in [0.1, 0.15) is 51.1 Å². The second kappa shape index (κ2) is 8.35. The molecule has 0 bridgehead atoms. The Morgan fingerprint density at radius 2 is 1.88 bits per heavy atom. The van der Waals surface area contributed by atoms with E-state index in [0.717, 1.165) is 6.54 Å². The Balaban J connectivity index is 2.49. The zero-order valence-electron chi connectivity index (χ0n) is 10.6. The van der Waals surface area contributed by atoms with Crippen molar-refractivity contribution < 1.29 is 0 Å². The molecule has 1 radical (unpaired) electrons. The summed E-state index contributed by atoms with van der Waals surface area (Å²) in [5.74, 6) is 0. The summed E-state index contributed by atoms with van der Waals surface area (Å²) in [6, 6.07) is 11.1. The van der Waals surface area contributed by atoms with Crippen LogP contribution in [0.15, 0.2) is 30.3 Å². The summed E-state index contributed by atoms with van der Waals surface area (Å²) in [5, 5.41) is 3.59. The predicted octanol–water partition coefficient (Wildman–Crippen LogP) is 4.12. The van der Waals surface area contributed by atoms with Gasteiger partial charge in [-0.1, -0.05) is 57.0 Å². The van der Waals surface area contributed by atoms with Gasteiger partial charge in [-0.25, -0.2) is 0 Å². The van der Waals surface area contributed by atoms with E-state index in [0.29, 0.717) is 6.04 Å². The summed E-state index contributed by atoms with van der Waals surface area (Å²) in [6.07, 6.45) is 7.36. The molecule has 0 aromatic heterocycles. The molecule has 0 fully saturated rings. The van der Waals surface area contributed by atoms with Gasteiger partial charge in [0, 0.05) is 6.04 Å². The molecule has 0 heterocycles.